The van der Waals surface area contributed by atoms with Crippen LogP contribution in [0.15, 0.2) is 34.9 Å². The molecule has 3 heteroatoms. The SMILES string of the molecule is Cc1cc(COc2ccc(C(C)(C)C)cc2)no1. The van der Waals surface area contributed by atoms with Gasteiger partial charge in [0.1, 0.15) is 23.8 Å². The molecule has 0 bridgehead atoms. The Hall–Kier alpha value is -1.77. The average Bonchev–Trinajstić information content (AvgIpc) is 2.72. The predicted molar refractivity (Wildman–Crippen MR) is 70.7 cm³/mol. The fourth-order valence-electron chi connectivity index (χ4n) is 1.69. The summed E-state index contributed by atoms with van der Waals surface area (Å²) < 4.78 is 10.6. The van der Waals surface area contributed by atoms with Crippen molar-refractivity contribution in [3.05, 3.63) is 47.3 Å². The summed E-state index contributed by atoms with van der Waals surface area (Å²) in [7, 11) is 0. The van der Waals surface area contributed by atoms with Gasteiger partial charge >= 0.3 is 0 Å². The van der Waals surface area contributed by atoms with Crippen molar-refractivity contribution in [2.75, 3.05) is 0 Å². The summed E-state index contributed by atoms with van der Waals surface area (Å²) in [5, 5.41) is 3.89. The lowest BCUT2D eigenvalue weighted by Crippen LogP contribution is -2.10. The van der Waals surface area contributed by atoms with Gasteiger partial charge in [0.2, 0.25) is 0 Å². The third-order valence-electron chi connectivity index (χ3n) is 2.78. The molecule has 0 radical (unpaired) electrons. The summed E-state index contributed by atoms with van der Waals surface area (Å²) in [4.78, 5) is 0. The molecule has 0 aliphatic carbocycles. The van der Waals surface area contributed by atoms with Gasteiger partial charge < -0.3 is 9.26 Å². The van der Waals surface area contributed by atoms with Crippen LogP contribution in [0.25, 0.3) is 0 Å². The van der Waals surface area contributed by atoms with E-state index in [9.17, 15) is 0 Å². The van der Waals surface area contributed by atoms with E-state index in [1.807, 2.05) is 25.1 Å². The van der Waals surface area contributed by atoms with Crippen LogP contribution in [0.5, 0.6) is 5.75 Å². The van der Waals surface area contributed by atoms with Crippen LogP contribution in [0.1, 0.15) is 37.8 Å². The highest BCUT2D eigenvalue weighted by molar-refractivity contribution is 5.31. The molecule has 1 heterocycles. The molecule has 0 spiro atoms. The van der Waals surface area contributed by atoms with Crippen LogP contribution in [-0.2, 0) is 12.0 Å². The molecule has 0 fully saturated rings. The molecule has 0 unspecified atom stereocenters. The quantitative estimate of drug-likeness (QED) is 0.823. The number of rotatable bonds is 3. The van der Waals surface area contributed by atoms with Crippen molar-refractivity contribution in [1.29, 1.82) is 0 Å². The molecule has 18 heavy (non-hydrogen) atoms. The van der Waals surface area contributed by atoms with Crippen LogP contribution >= 0.6 is 0 Å². The Kier molecular flexibility index (Phi) is 3.41. The van der Waals surface area contributed by atoms with Crippen molar-refractivity contribution in [2.45, 2.75) is 39.7 Å². The second-order valence-electron chi connectivity index (χ2n) is 5.49. The van der Waals surface area contributed by atoms with E-state index in [-0.39, 0.29) is 5.41 Å². The number of nitrogens with zero attached hydrogens (tertiary/aromatic N) is 1. The second kappa shape index (κ2) is 4.84. The topological polar surface area (TPSA) is 35.3 Å². The Balaban J connectivity index is 1.98. The molecule has 2 rings (SSSR count). The Morgan fingerprint density at radius 1 is 1.17 bits per heavy atom. The molecule has 0 saturated carbocycles. The minimum absolute atomic E-state index is 0.168. The normalized spacial score (nSPS) is 11.6. The summed E-state index contributed by atoms with van der Waals surface area (Å²) >= 11 is 0. The average molecular weight is 245 g/mol. The van der Waals surface area contributed by atoms with E-state index >= 15 is 0 Å². The van der Waals surface area contributed by atoms with Gasteiger partial charge in [0.05, 0.1) is 0 Å². The van der Waals surface area contributed by atoms with Crippen LogP contribution < -0.4 is 4.74 Å². The van der Waals surface area contributed by atoms with E-state index in [2.05, 4.69) is 38.1 Å². The van der Waals surface area contributed by atoms with Gasteiger partial charge in [-0.05, 0) is 30.0 Å². The standard InChI is InChI=1S/C15H19NO2/c1-11-9-13(16-18-11)10-17-14-7-5-12(6-8-14)15(2,3)4/h5-9H,10H2,1-4H3. The number of aromatic nitrogens is 1. The van der Waals surface area contributed by atoms with Crippen molar-refractivity contribution in [3.63, 3.8) is 0 Å². The van der Waals surface area contributed by atoms with Crippen LogP contribution in [0.4, 0.5) is 0 Å². The molecular formula is C15H19NO2. The molecule has 0 aliphatic heterocycles. The van der Waals surface area contributed by atoms with Gasteiger partial charge in [-0.25, -0.2) is 0 Å². The monoisotopic (exact) mass is 245 g/mol. The van der Waals surface area contributed by atoms with Gasteiger partial charge in [-0.1, -0.05) is 38.1 Å². The van der Waals surface area contributed by atoms with Crippen LogP contribution in [0.3, 0.4) is 0 Å². The lowest BCUT2D eigenvalue weighted by atomic mass is 9.87. The molecule has 0 amide bonds. The van der Waals surface area contributed by atoms with Gasteiger partial charge in [-0.15, -0.1) is 0 Å². The van der Waals surface area contributed by atoms with Crippen molar-refractivity contribution < 1.29 is 9.26 Å². The Bertz CT molecular complexity index is 506. The highest BCUT2D eigenvalue weighted by Crippen LogP contribution is 2.24. The first-order valence-electron chi connectivity index (χ1n) is 6.11. The molecule has 0 atom stereocenters. The largest absolute Gasteiger partial charge is 0.487 e. The molecule has 0 aliphatic rings. The number of benzene rings is 1. The van der Waals surface area contributed by atoms with Crippen molar-refractivity contribution in [2.24, 2.45) is 0 Å². The van der Waals surface area contributed by atoms with E-state index in [1.165, 1.54) is 5.56 Å². The molecule has 0 N–H and O–H groups in total. The maximum Gasteiger partial charge on any atom is 0.134 e. The number of hydrogen-bond acceptors (Lipinski definition) is 3. The Morgan fingerprint density at radius 3 is 2.33 bits per heavy atom. The number of hydrogen-bond donors (Lipinski definition) is 0. The molecule has 96 valence electrons. The zero-order valence-electron chi connectivity index (χ0n) is 11.4. The smallest absolute Gasteiger partial charge is 0.134 e. The lowest BCUT2D eigenvalue weighted by Gasteiger charge is -2.19. The van der Waals surface area contributed by atoms with Crippen LogP contribution in [-0.4, -0.2) is 5.16 Å². The van der Waals surface area contributed by atoms with E-state index < -0.39 is 0 Å². The van der Waals surface area contributed by atoms with Gasteiger partial charge in [-0.2, -0.15) is 0 Å². The van der Waals surface area contributed by atoms with Crippen molar-refractivity contribution >= 4 is 0 Å². The summed E-state index contributed by atoms with van der Waals surface area (Å²) in [6.07, 6.45) is 0. The fourth-order valence-corrected chi connectivity index (χ4v) is 1.69. The van der Waals surface area contributed by atoms with E-state index in [0.717, 1.165) is 17.2 Å². The first-order chi connectivity index (χ1) is 8.45. The van der Waals surface area contributed by atoms with E-state index in [0.29, 0.717) is 6.61 Å². The highest BCUT2D eigenvalue weighted by atomic mass is 16.5. The fraction of sp³-hybridized carbons (Fsp3) is 0.400. The van der Waals surface area contributed by atoms with Gasteiger partial charge in [0, 0.05) is 6.07 Å². The summed E-state index contributed by atoms with van der Waals surface area (Å²) in [5.74, 6) is 1.65. The van der Waals surface area contributed by atoms with Gasteiger partial charge in [0.25, 0.3) is 0 Å². The third-order valence-corrected chi connectivity index (χ3v) is 2.78. The summed E-state index contributed by atoms with van der Waals surface area (Å²) in [6.45, 7) is 8.89. The highest BCUT2D eigenvalue weighted by Gasteiger charge is 2.13. The molecule has 1 aromatic heterocycles. The maximum absolute atomic E-state index is 5.65. The molecule has 2 aromatic rings. The zero-order valence-corrected chi connectivity index (χ0v) is 11.4. The third kappa shape index (κ3) is 3.13. The maximum atomic E-state index is 5.65. The lowest BCUT2D eigenvalue weighted by molar-refractivity contribution is 0.287. The van der Waals surface area contributed by atoms with Gasteiger partial charge in [0.15, 0.2) is 0 Å². The summed E-state index contributed by atoms with van der Waals surface area (Å²) in [6, 6.07) is 10.1. The minimum Gasteiger partial charge on any atom is -0.487 e. The van der Waals surface area contributed by atoms with E-state index in [4.69, 9.17) is 9.26 Å². The second-order valence-corrected chi connectivity index (χ2v) is 5.49. The Labute approximate surface area is 108 Å². The number of ether oxygens (including phenoxy) is 1. The molecule has 0 saturated heterocycles. The predicted octanol–water partition coefficient (Wildman–Crippen LogP) is 3.86. The zero-order chi connectivity index (χ0) is 13.2. The Morgan fingerprint density at radius 2 is 1.83 bits per heavy atom. The molecular weight excluding hydrogens is 226 g/mol. The first-order valence-corrected chi connectivity index (χ1v) is 6.11. The number of aryl methyl sites for hydroxylation is 1. The molecule has 3 nitrogen and oxygen atoms in total. The van der Waals surface area contributed by atoms with Crippen LogP contribution in [0.2, 0.25) is 0 Å². The first kappa shape index (κ1) is 12.7. The van der Waals surface area contributed by atoms with Crippen molar-refractivity contribution in [1.82, 2.24) is 5.16 Å². The summed E-state index contributed by atoms with van der Waals surface area (Å²) in [5.41, 5.74) is 2.28. The van der Waals surface area contributed by atoms with E-state index in [1.54, 1.807) is 0 Å². The minimum atomic E-state index is 0.168. The van der Waals surface area contributed by atoms with Crippen LogP contribution in [0, 0.1) is 6.92 Å². The molecule has 1 aromatic carbocycles. The van der Waals surface area contributed by atoms with Crippen molar-refractivity contribution in [3.8, 4) is 5.75 Å². The van der Waals surface area contributed by atoms with Gasteiger partial charge in [-0.3, -0.25) is 0 Å².